The zero-order valence-electron chi connectivity index (χ0n) is 10.2. The summed E-state index contributed by atoms with van der Waals surface area (Å²) < 4.78 is 1.67. The molecule has 0 aliphatic heterocycles. The van der Waals surface area contributed by atoms with Crippen molar-refractivity contribution < 1.29 is 0 Å². The molecule has 0 unspecified atom stereocenters. The Hall–Kier alpha value is -0.800. The molecular formula is C12H15Cl2N3. The summed E-state index contributed by atoms with van der Waals surface area (Å²) in [7, 11) is 0. The van der Waals surface area contributed by atoms with Crippen LogP contribution in [0.2, 0.25) is 10.3 Å². The van der Waals surface area contributed by atoms with Crippen LogP contribution in [0.3, 0.4) is 0 Å². The monoisotopic (exact) mass is 271 g/mol. The molecule has 2 heterocycles. The van der Waals surface area contributed by atoms with Crippen LogP contribution < -0.4 is 0 Å². The summed E-state index contributed by atoms with van der Waals surface area (Å²) in [6.07, 6.45) is 1.97. The molecule has 0 atom stereocenters. The molecule has 0 N–H and O–H groups in total. The summed E-state index contributed by atoms with van der Waals surface area (Å²) in [6.45, 7) is 6.19. The number of rotatable bonds is 3. The third-order valence-electron chi connectivity index (χ3n) is 2.67. The van der Waals surface area contributed by atoms with E-state index in [0.717, 1.165) is 24.1 Å². The molecule has 2 aromatic rings. The first-order valence-electron chi connectivity index (χ1n) is 5.78. The topological polar surface area (TPSA) is 30.2 Å². The van der Waals surface area contributed by atoms with Gasteiger partial charge in [0.15, 0.2) is 5.65 Å². The highest BCUT2D eigenvalue weighted by molar-refractivity contribution is 6.35. The Morgan fingerprint density at radius 2 is 2.06 bits per heavy atom. The molecule has 0 aromatic carbocycles. The standard InChI is InChI=1S/C12H15Cl2N3/c1-4-5-8-6-9-15-11(13)10(7(2)3)12(14)17(9)16-8/h6-7H,4-5H2,1-3H3. The summed E-state index contributed by atoms with van der Waals surface area (Å²) in [6, 6.07) is 1.94. The second kappa shape index (κ2) is 4.83. The zero-order chi connectivity index (χ0) is 12.6. The lowest BCUT2D eigenvalue weighted by atomic mass is 10.1. The van der Waals surface area contributed by atoms with Gasteiger partial charge in [0.1, 0.15) is 10.3 Å². The summed E-state index contributed by atoms with van der Waals surface area (Å²) in [5, 5.41) is 5.49. The van der Waals surface area contributed by atoms with Crippen LogP contribution in [0.15, 0.2) is 6.07 Å². The lowest BCUT2D eigenvalue weighted by Gasteiger charge is -2.10. The first-order chi connectivity index (χ1) is 8.04. The average Bonchev–Trinajstić information content (AvgIpc) is 2.60. The number of aryl methyl sites for hydroxylation is 1. The molecule has 5 heteroatoms. The van der Waals surface area contributed by atoms with Crippen molar-refractivity contribution in [3.63, 3.8) is 0 Å². The van der Waals surface area contributed by atoms with Gasteiger partial charge in [-0.05, 0) is 12.3 Å². The summed E-state index contributed by atoms with van der Waals surface area (Å²) in [4.78, 5) is 4.34. The minimum atomic E-state index is 0.228. The van der Waals surface area contributed by atoms with Crippen molar-refractivity contribution in [3.05, 3.63) is 27.6 Å². The van der Waals surface area contributed by atoms with Crippen LogP contribution in [0.25, 0.3) is 5.65 Å². The third-order valence-corrected chi connectivity index (χ3v) is 3.32. The molecule has 2 rings (SSSR count). The van der Waals surface area contributed by atoms with E-state index in [4.69, 9.17) is 23.2 Å². The summed E-state index contributed by atoms with van der Waals surface area (Å²) >= 11 is 12.5. The van der Waals surface area contributed by atoms with Gasteiger partial charge in [-0.2, -0.15) is 5.10 Å². The number of hydrogen-bond donors (Lipinski definition) is 0. The second-order valence-electron chi connectivity index (χ2n) is 4.42. The summed E-state index contributed by atoms with van der Waals surface area (Å²) in [5.41, 5.74) is 2.57. The van der Waals surface area contributed by atoms with Gasteiger partial charge in [0.25, 0.3) is 0 Å². The largest absolute Gasteiger partial charge is 0.216 e. The van der Waals surface area contributed by atoms with Crippen LogP contribution in [0.5, 0.6) is 0 Å². The van der Waals surface area contributed by atoms with Gasteiger partial charge in [-0.15, -0.1) is 0 Å². The molecule has 2 aromatic heterocycles. The van der Waals surface area contributed by atoms with Crippen molar-refractivity contribution in [3.8, 4) is 0 Å². The van der Waals surface area contributed by atoms with Gasteiger partial charge in [0.2, 0.25) is 0 Å². The predicted molar refractivity (Wildman–Crippen MR) is 71.1 cm³/mol. The van der Waals surface area contributed by atoms with Crippen LogP contribution in [0.4, 0.5) is 0 Å². The highest BCUT2D eigenvalue weighted by atomic mass is 35.5. The smallest absolute Gasteiger partial charge is 0.158 e. The maximum Gasteiger partial charge on any atom is 0.158 e. The molecule has 92 valence electrons. The van der Waals surface area contributed by atoms with Crippen molar-refractivity contribution in [1.29, 1.82) is 0 Å². The Morgan fingerprint density at radius 1 is 1.35 bits per heavy atom. The van der Waals surface area contributed by atoms with Gasteiger partial charge in [0.05, 0.1) is 5.69 Å². The number of nitrogens with zero attached hydrogens (tertiary/aromatic N) is 3. The van der Waals surface area contributed by atoms with Crippen LogP contribution in [-0.2, 0) is 6.42 Å². The second-order valence-corrected chi connectivity index (χ2v) is 5.13. The summed E-state index contributed by atoms with van der Waals surface area (Å²) in [5.74, 6) is 0.228. The molecule has 0 radical (unpaired) electrons. The maximum absolute atomic E-state index is 6.33. The van der Waals surface area contributed by atoms with Gasteiger partial charge >= 0.3 is 0 Å². The Balaban J connectivity index is 2.65. The first-order valence-corrected chi connectivity index (χ1v) is 6.53. The molecule has 0 amide bonds. The maximum atomic E-state index is 6.33. The van der Waals surface area contributed by atoms with E-state index in [0.29, 0.717) is 16.0 Å². The fraction of sp³-hybridized carbons (Fsp3) is 0.500. The van der Waals surface area contributed by atoms with Gasteiger partial charge in [-0.3, -0.25) is 0 Å². The van der Waals surface area contributed by atoms with Crippen LogP contribution in [0, 0.1) is 0 Å². The number of halogens is 2. The van der Waals surface area contributed by atoms with Crippen molar-refractivity contribution >= 4 is 28.8 Å². The van der Waals surface area contributed by atoms with E-state index in [-0.39, 0.29) is 5.92 Å². The van der Waals surface area contributed by atoms with E-state index in [1.165, 1.54) is 0 Å². The van der Waals surface area contributed by atoms with E-state index < -0.39 is 0 Å². The van der Waals surface area contributed by atoms with E-state index >= 15 is 0 Å². The Labute approximate surface area is 111 Å². The van der Waals surface area contributed by atoms with E-state index in [1.54, 1.807) is 4.52 Å². The number of hydrogen-bond acceptors (Lipinski definition) is 2. The molecule has 0 aliphatic rings. The van der Waals surface area contributed by atoms with Crippen molar-refractivity contribution in [2.24, 2.45) is 0 Å². The Kier molecular flexibility index (Phi) is 3.59. The minimum Gasteiger partial charge on any atom is -0.216 e. The lowest BCUT2D eigenvalue weighted by molar-refractivity contribution is 0.800. The SMILES string of the molecule is CCCc1cc2nc(Cl)c(C(C)C)c(Cl)n2n1. The number of aromatic nitrogens is 3. The van der Waals surface area contributed by atoms with Gasteiger partial charge in [-0.1, -0.05) is 50.4 Å². The van der Waals surface area contributed by atoms with Crippen LogP contribution in [0.1, 0.15) is 44.4 Å². The predicted octanol–water partition coefficient (Wildman–Crippen LogP) is 4.11. The highest BCUT2D eigenvalue weighted by Crippen LogP contribution is 2.30. The zero-order valence-corrected chi connectivity index (χ0v) is 11.7. The molecule has 0 spiro atoms. The van der Waals surface area contributed by atoms with Gasteiger partial charge in [0, 0.05) is 11.6 Å². The van der Waals surface area contributed by atoms with E-state index in [2.05, 4.69) is 17.0 Å². The van der Waals surface area contributed by atoms with Gasteiger partial charge in [-0.25, -0.2) is 9.50 Å². The van der Waals surface area contributed by atoms with Crippen LogP contribution >= 0.6 is 23.2 Å². The highest BCUT2D eigenvalue weighted by Gasteiger charge is 2.16. The Morgan fingerprint density at radius 3 is 2.65 bits per heavy atom. The third kappa shape index (κ3) is 2.26. The quantitative estimate of drug-likeness (QED) is 0.787. The first kappa shape index (κ1) is 12.7. The molecule has 17 heavy (non-hydrogen) atoms. The minimum absolute atomic E-state index is 0.228. The fourth-order valence-electron chi connectivity index (χ4n) is 1.86. The molecule has 0 fully saturated rings. The van der Waals surface area contributed by atoms with Crippen molar-refractivity contribution in [2.45, 2.75) is 39.5 Å². The lowest BCUT2D eigenvalue weighted by Crippen LogP contribution is -2.01. The fourth-order valence-corrected chi connectivity index (χ4v) is 2.73. The molecule has 0 saturated carbocycles. The molecule has 0 aliphatic carbocycles. The van der Waals surface area contributed by atoms with Gasteiger partial charge < -0.3 is 0 Å². The van der Waals surface area contributed by atoms with E-state index in [9.17, 15) is 0 Å². The molecule has 0 saturated heterocycles. The van der Waals surface area contributed by atoms with E-state index in [1.807, 2.05) is 19.9 Å². The average molecular weight is 272 g/mol. The number of fused-ring (bicyclic) bond motifs is 1. The molecule has 0 bridgehead atoms. The van der Waals surface area contributed by atoms with Crippen molar-refractivity contribution in [1.82, 2.24) is 14.6 Å². The Bertz CT molecular complexity index is 546. The normalized spacial score (nSPS) is 11.6. The molecule has 3 nitrogen and oxygen atoms in total. The molecular weight excluding hydrogens is 257 g/mol. The van der Waals surface area contributed by atoms with Crippen molar-refractivity contribution in [2.75, 3.05) is 0 Å². The van der Waals surface area contributed by atoms with Crippen LogP contribution in [-0.4, -0.2) is 14.6 Å².